The molecule has 1 aromatic carbocycles. The minimum absolute atomic E-state index is 0.00444. The number of benzene rings is 1. The molecule has 0 N–H and O–H groups in total. The number of carbonyl (C=O) groups is 1. The van der Waals surface area contributed by atoms with E-state index in [2.05, 4.69) is 38.1 Å². The molecule has 0 amide bonds. The summed E-state index contributed by atoms with van der Waals surface area (Å²) >= 11 is 0. The molecule has 21 heavy (non-hydrogen) atoms. The molecule has 0 saturated heterocycles. The van der Waals surface area contributed by atoms with Crippen LogP contribution in [0.3, 0.4) is 0 Å². The average Bonchev–Trinajstić information content (AvgIpc) is 2.49. The van der Waals surface area contributed by atoms with Gasteiger partial charge in [-0.3, -0.25) is 0 Å². The van der Waals surface area contributed by atoms with Gasteiger partial charge in [-0.2, -0.15) is 0 Å². The number of rotatable bonds is 7. The molecule has 0 aliphatic heterocycles. The Labute approximate surface area is 128 Å². The van der Waals surface area contributed by atoms with Crippen molar-refractivity contribution in [3.63, 3.8) is 0 Å². The van der Waals surface area contributed by atoms with Gasteiger partial charge in [0, 0.05) is 5.92 Å². The van der Waals surface area contributed by atoms with E-state index in [1.54, 1.807) is 0 Å². The summed E-state index contributed by atoms with van der Waals surface area (Å²) in [5.41, 5.74) is 1.17. The molecule has 1 aliphatic carbocycles. The summed E-state index contributed by atoms with van der Waals surface area (Å²) in [6.07, 6.45) is 9.00. The van der Waals surface area contributed by atoms with Crippen molar-refractivity contribution in [1.82, 2.24) is 0 Å². The van der Waals surface area contributed by atoms with E-state index in [9.17, 15) is 4.79 Å². The SMILES string of the molecule is C[C@H](COCc1ccccc1)[C@@H](C=O)[C@]1(C)C=CCCC1. The van der Waals surface area contributed by atoms with Gasteiger partial charge < -0.3 is 9.53 Å². The summed E-state index contributed by atoms with van der Waals surface area (Å²) in [5, 5.41) is 0. The van der Waals surface area contributed by atoms with Gasteiger partial charge in [0.15, 0.2) is 0 Å². The highest BCUT2D eigenvalue weighted by atomic mass is 16.5. The normalized spacial score (nSPS) is 24.5. The molecule has 2 heteroatoms. The monoisotopic (exact) mass is 286 g/mol. The van der Waals surface area contributed by atoms with E-state index in [-0.39, 0.29) is 17.3 Å². The largest absolute Gasteiger partial charge is 0.376 e. The molecule has 2 nitrogen and oxygen atoms in total. The Bertz CT molecular complexity index is 466. The van der Waals surface area contributed by atoms with Crippen LogP contribution in [0, 0.1) is 17.3 Å². The van der Waals surface area contributed by atoms with Crippen molar-refractivity contribution in [3.8, 4) is 0 Å². The summed E-state index contributed by atoms with van der Waals surface area (Å²) in [6, 6.07) is 10.2. The Balaban J connectivity index is 1.88. The summed E-state index contributed by atoms with van der Waals surface area (Å²) < 4.78 is 5.82. The molecule has 0 radical (unpaired) electrons. The minimum Gasteiger partial charge on any atom is -0.376 e. The summed E-state index contributed by atoms with van der Waals surface area (Å²) in [5.74, 6) is 0.267. The first kappa shape index (κ1) is 16.0. The third-order valence-corrected chi connectivity index (χ3v) is 4.60. The fourth-order valence-corrected chi connectivity index (χ4v) is 3.29. The predicted molar refractivity (Wildman–Crippen MR) is 85.9 cm³/mol. The quantitative estimate of drug-likeness (QED) is 0.548. The predicted octanol–water partition coefficient (Wildman–Crippen LogP) is 4.40. The molecule has 0 aromatic heterocycles. The van der Waals surface area contributed by atoms with Crippen LogP contribution in [0.2, 0.25) is 0 Å². The standard InChI is InChI=1S/C19H26O2/c1-16(14-21-15-17-9-5-3-6-10-17)18(13-20)19(2)11-7-4-8-12-19/h3,5-7,9-11,13,16,18H,4,8,12,14-15H2,1-2H3/t16-,18-,19-/m1/s1. The smallest absolute Gasteiger partial charge is 0.124 e. The van der Waals surface area contributed by atoms with Crippen molar-refractivity contribution in [2.75, 3.05) is 6.61 Å². The van der Waals surface area contributed by atoms with Gasteiger partial charge in [-0.1, -0.05) is 56.3 Å². The van der Waals surface area contributed by atoms with Crippen molar-refractivity contribution >= 4 is 6.29 Å². The number of hydrogen-bond acceptors (Lipinski definition) is 2. The Kier molecular flexibility index (Phi) is 5.75. The lowest BCUT2D eigenvalue weighted by molar-refractivity contribution is -0.117. The van der Waals surface area contributed by atoms with Crippen molar-refractivity contribution in [2.45, 2.75) is 39.7 Å². The van der Waals surface area contributed by atoms with Gasteiger partial charge in [-0.25, -0.2) is 0 Å². The molecule has 3 atom stereocenters. The van der Waals surface area contributed by atoms with Crippen molar-refractivity contribution < 1.29 is 9.53 Å². The summed E-state index contributed by atoms with van der Waals surface area (Å²) in [6.45, 7) is 5.57. The number of hydrogen-bond donors (Lipinski definition) is 0. The third-order valence-electron chi connectivity index (χ3n) is 4.60. The lowest BCUT2D eigenvalue weighted by Crippen LogP contribution is -2.34. The van der Waals surface area contributed by atoms with Crippen LogP contribution in [0.15, 0.2) is 42.5 Å². The Morgan fingerprint density at radius 2 is 2.10 bits per heavy atom. The van der Waals surface area contributed by atoms with Gasteiger partial charge in [0.2, 0.25) is 0 Å². The first-order chi connectivity index (χ1) is 10.2. The van der Waals surface area contributed by atoms with E-state index >= 15 is 0 Å². The van der Waals surface area contributed by atoms with Crippen LogP contribution < -0.4 is 0 Å². The average molecular weight is 286 g/mol. The van der Waals surface area contributed by atoms with Crippen LogP contribution in [0.5, 0.6) is 0 Å². The first-order valence-corrected chi connectivity index (χ1v) is 7.90. The van der Waals surface area contributed by atoms with Crippen LogP contribution in [0.1, 0.15) is 38.7 Å². The zero-order valence-electron chi connectivity index (χ0n) is 13.1. The molecule has 1 aliphatic rings. The van der Waals surface area contributed by atoms with Crippen molar-refractivity contribution in [3.05, 3.63) is 48.0 Å². The topological polar surface area (TPSA) is 26.3 Å². The molecular weight excluding hydrogens is 260 g/mol. The van der Waals surface area contributed by atoms with Crippen LogP contribution in [-0.2, 0) is 16.1 Å². The van der Waals surface area contributed by atoms with Gasteiger partial charge in [0.05, 0.1) is 13.2 Å². The Morgan fingerprint density at radius 1 is 1.33 bits per heavy atom. The van der Waals surface area contributed by atoms with Gasteiger partial charge in [0.25, 0.3) is 0 Å². The van der Waals surface area contributed by atoms with E-state index in [0.717, 1.165) is 19.1 Å². The molecule has 0 fully saturated rings. The molecule has 2 rings (SSSR count). The van der Waals surface area contributed by atoms with Gasteiger partial charge >= 0.3 is 0 Å². The minimum atomic E-state index is -0.00444. The Hall–Kier alpha value is -1.41. The van der Waals surface area contributed by atoms with E-state index in [0.29, 0.717) is 13.2 Å². The second kappa shape index (κ2) is 7.56. The maximum atomic E-state index is 11.6. The fraction of sp³-hybridized carbons (Fsp3) is 0.526. The maximum Gasteiger partial charge on any atom is 0.124 e. The highest BCUT2D eigenvalue weighted by Crippen LogP contribution is 2.40. The highest BCUT2D eigenvalue weighted by molar-refractivity contribution is 5.56. The van der Waals surface area contributed by atoms with Gasteiger partial charge in [-0.05, 0) is 36.2 Å². The summed E-state index contributed by atoms with van der Waals surface area (Å²) in [7, 11) is 0. The number of ether oxygens (including phenoxy) is 1. The van der Waals surface area contributed by atoms with E-state index < -0.39 is 0 Å². The second-order valence-corrected chi connectivity index (χ2v) is 6.44. The lowest BCUT2D eigenvalue weighted by Gasteiger charge is -2.37. The molecule has 0 bridgehead atoms. The maximum absolute atomic E-state index is 11.6. The molecule has 0 unspecified atom stereocenters. The Morgan fingerprint density at radius 3 is 2.71 bits per heavy atom. The third kappa shape index (κ3) is 4.28. The van der Waals surface area contributed by atoms with Gasteiger partial charge in [-0.15, -0.1) is 0 Å². The number of aldehydes is 1. The van der Waals surface area contributed by atoms with E-state index in [4.69, 9.17) is 4.74 Å². The highest BCUT2D eigenvalue weighted by Gasteiger charge is 2.36. The molecule has 0 heterocycles. The molecule has 0 spiro atoms. The van der Waals surface area contributed by atoms with Crippen LogP contribution in [0.25, 0.3) is 0 Å². The first-order valence-electron chi connectivity index (χ1n) is 7.90. The van der Waals surface area contributed by atoms with Crippen molar-refractivity contribution in [2.24, 2.45) is 17.3 Å². The number of carbonyl (C=O) groups excluding carboxylic acids is 1. The van der Waals surface area contributed by atoms with Crippen molar-refractivity contribution in [1.29, 1.82) is 0 Å². The van der Waals surface area contributed by atoms with Crippen LogP contribution in [-0.4, -0.2) is 12.9 Å². The fourth-order valence-electron chi connectivity index (χ4n) is 3.29. The van der Waals surface area contributed by atoms with E-state index in [1.807, 2.05) is 18.2 Å². The van der Waals surface area contributed by atoms with E-state index in [1.165, 1.54) is 12.0 Å². The zero-order valence-corrected chi connectivity index (χ0v) is 13.1. The molecule has 114 valence electrons. The molecular formula is C19H26O2. The van der Waals surface area contributed by atoms with Gasteiger partial charge in [0.1, 0.15) is 6.29 Å². The molecule has 0 saturated carbocycles. The number of allylic oxidation sites excluding steroid dienone is 2. The second-order valence-electron chi connectivity index (χ2n) is 6.44. The molecule has 1 aromatic rings. The van der Waals surface area contributed by atoms with Crippen LogP contribution >= 0.6 is 0 Å². The summed E-state index contributed by atoms with van der Waals surface area (Å²) in [4.78, 5) is 11.6. The zero-order chi connectivity index (χ0) is 15.1. The van der Waals surface area contributed by atoms with Crippen LogP contribution in [0.4, 0.5) is 0 Å². The lowest BCUT2D eigenvalue weighted by atomic mass is 9.67.